The number of pyridine rings is 1. The minimum atomic E-state index is -0.200. The molecule has 3 rings (SSSR count). The predicted molar refractivity (Wildman–Crippen MR) is 91.0 cm³/mol. The second kappa shape index (κ2) is 6.75. The maximum absolute atomic E-state index is 12.2. The van der Waals surface area contributed by atoms with E-state index in [4.69, 9.17) is 4.74 Å². The van der Waals surface area contributed by atoms with E-state index < -0.39 is 0 Å². The van der Waals surface area contributed by atoms with Gasteiger partial charge in [-0.15, -0.1) is 11.3 Å². The normalized spacial score (nSPS) is 10.7. The molecule has 0 aliphatic rings. The fourth-order valence-corrected chi connectivity index (χ4v) is 2.96. The smallest absolute Gasteiger partial charge is 0.270 e. The first-order chi connectivity index (χ1) is 11.2. The SMILES string of the molecule is CCc1nc(CNC(=O)c2ccc3cc(OC)ccc3n2)cs1. The number of nitrogens with zero attached hydrogens (tertiary/aromatic N) is 2. The van der Waals surface area contributed by atoms with Crippen molar-refractivity contribution >= 4 is 28.1 Å². The molecular weight excluding hydrogens is 310 g/mol. The van der Waals surface area contributed by atoms with Crippen LogP contribution in [0.25, 0.3) is 10.9 Å². The maximum Gasteiger partial charge on any atom is 0.270 e. The first kappa shape index (κ1) is 15.4. The third kappa shape index (κ3) is 3.48. The van der Waals surface area contributed by atoms with Gasteiger partial charge in [-0.2, -0.15) is 0 Å². The Morgan fingerprint density at radius 2 is 2.13 bits per heavy atom. The van der Waals surface area contributed by atoms with Gasteiger partial charge in [0.05, 0.1) is 29.9 Å². The van der Waals surface area contributed by atoms with E-state index >= 15 is 0 Å². The van der Waals surface area contributed by atoms with Crippen molar-refractivity contribution in [2.45, 2.75) is 19.9 Å². The summed E-state index contributed by atoms with van der Waals surface area (Å²) in [7, 11) is 1.62. The summed E-state index contributed by atoms with van der Waals surface area (Å²) < 4.78 is 5.19. The molecular formula is C17H17N3O2S. The number of methoxy groups -OCH3 is 1. The number of amides is 1. The Bertz CT molecular complexity index is 845. The zero-order chi connectivity index (χ0) is 16.2. The highest BCUT2D eigenvalue weighted by atomic mass is 32.1. The van der Waals surface area contributed by atoms with Crippen molar-refractivity contribution in [3.63, 3.8) is 0 Å². The Morgan fingerprint density at radius 1 is 1.26 bits per heavy atom. The van der Waals surface area contributed by atoms with Crippen LogP contribution in [0, 0.1) is 0 Å². The molecule has 0 bridgehead atoms. The number of hydrogen-bond donors (Lipinski definition) is 1. The predicted octanol–water partition coefficient (Wildman–Crippen LogP) is 3.19. The summed E-state index contributed by atoms with van der Waals surface area (Å²) >= 11 is 1.61. The third-order valence-corrected chi connectivity index (χ3v) is 4.50. The summed E-state index contributed by atoms with van der Waals surface area (Å²) in [6.07, 6.45) is 0.911. The van der Waals surface area contributed by atoms with E-state index in [1.54, 1.807) is 24.5 Å². The van der Waals surface area contributed by atoms with Gasteiger partial charge in [-0.05, 0) is 30.7 Å². The first-order valence-electron chi connectivity index (χ1n) is 7.36. The lowest BCUT2D eigenvalue weighted by atomic mass is 10.2. The zero-order valence-electron chi connectivity index (χ0n) is 13.0. The molecule has 2 aromatic heterocycles. The topological polar surface area (TPSA) is 64.1 Å². The summed E-state index contributed by atoms with van der Waals surface area (Å²) in [5.41, 5.74) is 2.04. The van der Waals surface area contributed by atoms with Crippen LogP contribution < -0.4 is 10.1 Å². The van der Waals surface area contributed by atoms with E-state index in [-0.39, 0.29) is 5.91 Å². The monoisotopic (exact) mass is 327 g/mol. The van der Waals surface area contributed by atoms with Gasteiger partial charge in [-0.25, -0.2) is 9.97 Å². The summed E-state index contributed by atoms with van der Waals surface area (Å²) in [6, 6.07) is 9.16. The number of nitrogens with one attached hydrogen (secondary N) is 1. The largest absolute Gasteiger partial charge is 0.497 e. The summed E-state index contributed by atoms with van der Waals surface area (Å²) in [6.45, 7) is 2.48. The summed E-state index contributed by atoms with van der Waals surface area (Å²) in [4.78, 5) is 21.1. The molecule has 0 saturated heterocycles. The van der Waals surface area contributed by atoms with E-state index in [0.717, 1.165) is 33.8 Å². The average Bonchev–Trinajstić information content (AvgIpc) is 3.06. The lowest BCUT2D eigenvalue weighted by Crippen LogP contribution is -2.23. The van der Waals surface area contributed by atoms with Crippen LogP contribution in [-0.4, -0.2) is 23.0 Å². The van der Waals surface area contributed by atoms with Gasteiger partial charge in [-0.3, -0.25) is 4.79 Å². The zero-order valence-corrected chi connectivity index (χ0v) is 13.8. The lowest BCUT2D eigenvalue weighted by molar-refractivity contribution is 0.0946. The van der Waals surface area contributed by atoms with E-state index in [9.17, 15) is 4.79 Å². The molecule has 0 aliphatic heterocycles. The lowest BCUT2D eigenvalue weighted by Gasteiger charge is -2.05. The van der Waals surface area contributed by atoms with Gasteiger partial charge in [0.25, 0.3) is 5.91 Å². The Morgan fingerprint density at radius 3 is 2.87 bits per heavy atom. The van der Waals surface area contributed by atoms with Crippen LogP contribution in [0.4, 0.5) is 0 Å². The van der Waals surface area contributed by atoms with Crippen molar-refractivity contribution in [3.05, 3.63) is 52.1 Å². The third-order valence-electron chi connectivity index (χ3n) is 3.46. The fourth-order valence-electron chi connectivity index (χ4n) is 2.21. The molecule has 118 valence electrons. The highest BCUT2D eigenvalue weighted by Gasteiger charge is 2.09. The molecule has 2 heterocycles. The Hall–Kier alpha value is -2.47. The van der Waals surface area contributed by atoms with Gasteiger partial charge >= 0.3 is 0 Å². The van der Waals surface area contributed by atoms with Crippen LogP contribution >= 0.6 is 11.3 Å². The van der Waals surface area contributed by atoms with Crippen LogP contribution in [0.2, 0.25) is 0 Å². The number of aryl methyl sites for hydroxylation is 1. The molecule has 0 unspecified atom stereocenters. The molecule has 0 radical (unpaired) electrons. The molecule has 0 fully saturated rings. The average molecular weight is 327 g/mol. The van der Waals surface area contributed by atoms with Crippen LogP contribution in [0.15, 0.2) is 35.7 Å². The van der Waals surface area contributed by atoms with Crippen LogP contribution in [0.5, 0.6) is 5.75 Å². The number of benzene rings is 1. The molecule has 0 spiro atoms. The van der Waals surface area contributed by atoms with E-state index in [1.165, 1.54) is 0 Å². The highest BCUT2D eigenvalue weighted by molar-refractivity contribution is 7.09. The number of aromatic nitrogens is 2. The standard InChI is InChI=1S/C17H17N3O2S/c1-3-16-19-12(10-23-16)9-18-17(21)15-6-4-11-8-13(22-2)5-7-14(11)20-15/h4-8,10H,3,9H2,1-2H3,(H,18,21). The van der Waals surface area contributed by atoms with Crippen molar-refractivity contribution < 1.29 is 9.53 Å². The highest BCUT2D eigenvalue weighted by Crippen LogP contribution is 2.19. The van der Waals surface area contributed by atoms with Crippen LogP contribution in [0.3, 0.4) is 0 Å². The Kier molecular flexibility index (Phi) is 4.52. The van der Waals surface area contributed by atoms with Crippen molar-refractivity contribution in [3.8, 4) is 5.75 Å². The summed E-state index contributed by atoms with van der Waals surface area (Å²) in [5.74, 6) is 0.570. The summed E-state index contributed by atoms with van der Waals surface area (Å²) in [5, 5.41) is 6.84. The van der Waals surface area contributed by atoms with Gasteiger partial charge < -0.3 is 10.1 Å². The number of ether oxygens (including phenoxy) is 1. The van der Waals surface area contributed by atoms with Gasteiger partial charge in [0.2, 0.25) is 0 Å². The van der Waals surface area contributed by atoms with Gasteiger partial charge in [0.1, 0.15) is 11.4 Å². The number of thiazole rings is 1. The fraction of sp³-hybridized carbons (Fsp3) is 0.235. The number of carbonyl (C=O) groups is 1. The van der Waals surface area contributed by atoms with E-state index in [2.05, 4.69) is 22.2 Å². The molecule has 0 aliphatic carbocycles. The van der Waals surface area contributed by atoms with E-state index in [0.29, 0.717) is 12.2 Å². The molecule has 3 aromatic rings. The van der Waals surface area contributed by atoms with Gasteiger partial charge in [-0.1, -0.05) is 13.0 Å². The molecule has 1 N–H and O–H groups in total. The van der Waals surface area contributed by atoms with Gasteiger partial charge in [0.15, 0.2) is 0 Å². The van der Waals surface area contributed by atoms with E-state index in [1.807, 2.05) is 29.6 Å². The number of fused-ring (bicyclic) bond motifs is 1. The minimum absolute atomic E-state index is 0.200. The van der Waals surface area contributed by atoms with Crippen molar-refractivity contribution in [1.29, 1.82) is 0 Å². The van der Waals surface area contributed by atoms with Crippen LogP contribution in [-0.2, 0) is 13.0 Å². The molecule has 1 aromatic carbocycles. The molecule has 0 saturated carbocycles. The van der Waals surface area contributed by atoms with Gasteiger partial charge in [0, 0.05) is 10.8 Å². The number of carbonyl (C=O) groups excluding carboxylic acids is 1. The van der Waals surface area contributed by atoms with Crippen molar-refractivity contribution in [1.82, 2.24) is 15.3 Å². The molecule has 5 nitrogen and oxygen atoms in total. The molecule has 23 heavy (non-hydrogen) atoms. The maximum atomic E-state index is 12.2. The van der Waals surface area contributed by atoms with Crippen molar-refractivity contribution in [2.75, 3.05) is 7.11 Å². The molecule has 1 amide bonds. The second-order valence-electron chi connectivity index (χ2n) is 5.02. The Labute approximate surface area is 138 Å². The quantitative estimate of drug-likeness (QED) is 0.781. The second-order valence-corrected chi connectivity index (χ2v) is 5.97. The minimum Gasteiger partial charge on any atom is -0.497 e. The van der Waals surface area contributed by atoms with Crippen LogP contribution in [0.1, 0.15) is 28.1 Å². The van der Waals surface area contributed by atoms with Crippen molar-refractivity contribution in [2.24, 2.45) is 0 Å². The number of rotatable bonds is 5. The first-order valence-corrected chi connectivity index (χ1v) is 8.24. The Balaban J connectivity index is 1.72. The molecule has 0 atom stereocenters. The number of hydrogen-bond acceptors (Lipinski definition) is 5. The molecule has 6 heteroatoms.